The molecule has 39 heavy (non-hydrogen) atoms. The molecule has 2 heteroatoms. The SMILES string of the molecule is CCCCCCCCCCCCN(CCCCCCCCCCCC)CCN(CC)CCCCCCCCC. The first-order valence-corrected chi connectivity index (χ1v) is 18.7. The van der Waals surface area contributed by atoms with Gasteiger partial charge in [0.2, 0.25) is 0 Å². The molecular formula is C37H78N2. The first-order chi connectivity index (χ1) is 19.3. The molecule has 236 valence electrons. The summed E-state index contributed by atoms with van der Waals surface area (Å²) >= 11 is 0. The van der Waals surface area contributed by atoms with Gasteiger partial charge in [0.1, 0.15) is 0 Å². The Morgan fingerprint density at radius 3 is 0.744 bits per heavy atom. The summed E-state index contributed by atoms with van der Waals surface area (Å²) in [6.45, 7) is 17.1. The van der Waals surface area contributed by atoms with E-state index in [9.17, 15) is 0 Å². The van der Waals surface area contributed by atoms with Gasteiger partial charge in [-0.05, 0) is 45.4 Å². The Balaban J connectivity index is 4.14. The summed E-state index contributed by atoms with van der Waals surface area (Å²) in [6, 6.07) is 0. The van der Waals surface area contributed by atoms with Gasteiger partial charge >= 0.3 is 0 Å². The van der Waals surface area contributed by atoms with E-state index in [1.54, 1.807) is 0 Å². The van der Waals surface area contributed by atoms with Crippen molar-refractivity contribution in [1.82, 2.24) is 9.80 Å². The molecule has 0 aliphatic carbocycles. The molecule has 0 aromatic rings. The lowest BCUT2D eigenvalue weighted by Crippen LogP contribution is -2.36. The summed E-state index contributed by atoms with van der Waals surface area (Å²) in [7, 11) is 0. The second kappa shape index (κ2) is 34.1. The third-order valence-corrected chi connectivity index (χ3v) is 8.91. The number of unbranched alkanes of at least 4 members (excludes halogenated alkanes) is 24. The summed E-state index contributed by atoms with van der Waals surface area (Å²) in [5.74, 6) is 0. The van der Waals surface area contributed by atoms with Crippen LogP contribution in [-0.4, -0.2) is 49.1 Å². The van der Waals surface area contributed by atoms with Crippen LogP contribution in [0.3, 0.4) is 0 Å². The Morgan fingerprint density at radius 2 is 0.462 bits per heavy atom. The van der Waals surface area contributed by atoms with Crippen molar-refractivity contribution in [1.29, 1.82) is 0 Å². The highest BCUT2D eigenvalue weighted by molar-refractivity contribution is 4.65. The molecule has 0 bridgehead atoms. The highest BCUT2D eigenvalue weighted by Gasteiger charge is 2.09. The van der Waals surface area contributed by atoms with Gasteiger partial charge in [0.25, 0.3) is 0 Å². The zero-order valence-corrected chi connectivity index (χ0v) is 28.2. The van der Waals surface area contributed by atoms with Crippen molar-refractivity contribution in [3.63, 3.8) is 0 Å². The summed E-state index contributed by atoms with van der Waals surface area (Å²) in [5.41, 5.74) is 0. The lowest BCUT2D eigenvalue weighted by Gasteiger charge is -2.27. The molecule has 0 rings (SSSR count). The fourth-order valence-corrected chi connectivity index (χ4v) is 5.98. The standard InChI is InChI=1S/C37H78N2/c1-5-9-12-15-18-20-22-25-28-31-34-39(35-32-29-26-23-21-19-16-13-10-6-2)37-36-38(8-4)33-30-27-24-17-14-11-7-3/h5-37H2,1-4H3. The largest absolute Gasteiger partial charge is 0.302 e. The van der Waals surface area contributed by atoms with Crippen LogP contribution in [0.5, 0.6) is 0 Å². The molecule has 0 fully saturated rings. The number of likely N-dealkylation sites (N-methyl/N-ethyl adjacent to an activating group) is 1. The third-order valence-electron chi connectivity index (χ3n) is 8.91. The van der Waals surface area contributed by atoms with Crippen LogP contribution in [0.4, 0.5) is 0 Å². The molecule has 0 heterocycles. The second-order valence-electron chi connectivity index (χ2n) is 12.8. The Kier molecular flexibility index (Phi) is 34.1. The molecule has 0 saturated carbocycles. The molecule has 0 amide bonds. The van der Waals surface area contributed by atoms with Crippen LogP contribution in [0.15, 0.2) is 0 Å². The first-order valence-electron chi connectivity index (χ1n) is 18.7. The quantitative estimate of drug-likeness (QED) is 0.0735. The zero-order chi connectivity index (χ0) is 28.5. The maximum absolute atomic E-state index is 2.84. The molecule has 2 nitrogen and oxygen atoms in total. The second-order valence-corrected chi connectivity index (χ2v) is 12.8. The van der Waals surface area contributed by atoms with E-state index in [2.05, 4.69) is 37.5 Å². The van der Waals surface area contributed by atoms with E-state index in [4.69, 9.17) is 0 Å². The monoisotopic (exact) mass is 551 g/mol. The minimum absolute atomic E-state index is 1.22. The molecule has 0 saturated heterocycles. The van der Waals surface area contributed by atoms with Crippen molar-refractivity contribution in [3.8, 4) is 0 Å². The maximum Gasteiger partial charge on any atom is 0.0109 e. The van der Waals surface area contributed by atoms with Gasteiger partial charge in [-0.15, -0.1) is 0 Å². The Hall–Kier alpha value is -0.0800. The lowest BCUT2D eigenvalue weighted by atomic mass is 10.1. The van der Waals surface area contributed by atoms with Crippen molar-refractivity contribution in [3.05, 3.63) is 0 Å². The number of hydrogen-bond donors (Lipinski definition) is 0. The van der Waals surface area contributed by atoms with Crippen molar-refractivity contribution < 1.29 is 0 Å². The number of nitrogens with zero attached hydrogens (tertiary/aromatic N) is 2. The van der Waals surface area contributed by atoms with Crippen LogP contribution in [0.25, 0.3) is 0 Å². The van der Waals surface area contributed by atoms with Crippen LogP contribution < -0.4 is 0 Å². The van der Waals surface area contributed by atoms with Gasteiger partial charge < -0.3 is 9.80 Å². The van der Waals surface area contributed by atoms with Gasteiger partial charge in [-0.3, -0.25) is 0 Å². The fourth-order valence-electron chi connectivity index (χ4n) is 5.98. The van der Waals surface area contributed by atoms with E-state index < -0.39 is 0 Å². The predicted octanol–water partition coefficient (Wildman–Crippen LogP) is 12.2. The van der Waals surface area contributed by atoms with Crippen LogP contribution in [0.1, 0.15) is 201 Å². The number of hydrogen-bond acceptors (Lipinski definition) is 2. The summed E-state index contributed by atoms with van der Waals surface area (Å²) in [6.07, 6.45) is 38.8. The van der Waals surface area contributed by atoms with E-state index in [1.165, 1.54) is 213 Å². The average Bonchev–Trinajstić information content (AvgIpc) is 2.95. The summed E-state index contributed by atoms with van der Waals surface area (Å²) < 4.78 is 0. The third kappa shape index (κ3) is 30.7. The van der Waals surface area contributed by atoms with E-state index >= 15 is 0 Å². The van der Waals surface area contributed by atoms with E-state index in [0.29, 0.717) is 0 Å². The molecule has 0 spiro atoms. The van der Waals surface area contributed by atoms with Crippen molar-refractivity contribution in [2.24, 2.45) is 0 Å². The molecule has 0 aromatic carbocycles. The first kappa shape index (κ1) is 38.9. The molecular weight excluding hydrogens is 472 g/mol. The van der Waals surface area contributed by atoms with Gasteiger partial charge in [0.15, 0.2) is 0 Å². The van der Waals surface area contributed by atoms with Crippen molar-refractivity contribution in [2.45, 2.75) is 201 Å². The van der Waals surface area contributed by atoms with Gasteiger partial charge in [-0.1, -0.05) is 182 Å². The topological polar surface area (TPSA) is 6.48 Å². The maximum atomic E-state index is 2.84. The van der Waals surface area contributed by atoms with Gasteiger partial charge in [-0.2, -0.15) is 0 Å². The predicted molar refractivity (Wildman–Crippen MR) is 180 cm³/mol. The minimum atomic E-state index is 1.22. The summed E-state index contributed by atoms with van der Waals surface area (Å²) in [4.78, 5) is 5.57. The Morgan fingerprint density at radius 1 is 0.231 bits per heavy atom. The highest BCUT2D eigenvalue weighted by atomic mass is 15.2. The van der Waals surface area contributed by atoms with Crippen molar-refractivity contribution >= 4 is 0 Å². The molecule has 0 aliphatic rings. The van der Waals surface area contributed by atoms with Crippen molar-refractivity contribution in [2.75, 3.05) is 39.3 Å². The molecule has 0 unspecified atom stereocenters. The summed E-state index contributed by atoms with van der Waals surface area (Å²) in [5, 5.41) is 0. The molecule has 0 atom stereocenters. The Labute approximate surface area is 249 Å². The number of rotatable bonds is 34. The van der Waals surface area contributed by atoms with Crippen LogP contribution >= 0.6 is 0 Å². The van der Waals surface area contributed by atoms with Gasteiger partial charge in [0, 0.05) is 13.1 Å². The molecule has 0 N–H and O–H groups in total. The van der Waals surface area contributed by atoms with Gasteiger partial charge in [-0.25, -0.2) is 0 Å². The van der Waals surface area contributed by atoms with E-state index in [0.717, 1.165) is 0 Å². The normalized spacial score (nSPS) is 11.8. The molecule has 0 aliphatic heterocycles. The van der Waals surface area contributed by atoms with E-state index in [1.807, 2.05) is 0 Å². The Bertz CT molecular complexity index is 400. The smallest absolute Gasteiger partial charge is 0.0109 e. The van der Waals surface area contributed by atoms with Gasteiger partial charge in [0.05, 0.1) is 0 Å². The van der Waals surface area contributed by atoms with Crippen LogP contribution in [0, 0.1) is 0 Å². The van der Waals surface area contributed by atoms with Crippen LogP contribution in [-0.2, 0) is 0 Å². The average molecular weight is 551 g/mol. The zero-order valence-electron chi connectivity index (χ0n) is 28.2. The fraction of sp³-hybridized carbons (Fsp3) is 1.00. The van der Waals surface area contributed by atoms with E-state index in [-0.39, 0.29) is 0 Å². The van der Waals surface area contributed by atoms with Crippen LogP contribution in [0.2, 0.25) is 0 Å². The molecule has 0 radical (unpaired) electrons. The minimum Gasteiger partial charge on any atom is -0.302 e. The highest BCUT2D eigenvalue weighted by Crippen LogP contribution is 2.13. The molecule has 0 aromatic heterocycles. The lowest BCUT2D eigenvalue weighted by molar-refractivity contribution is 0.200.